The molecule has 0 aliphatic carbocycles. The van der Waals surface area contributed by atoms with E-state index in [0.717, 1.165) is 0 Å². The molecule has 0 aliphatic rings. The Morgan fingerprint density at radius 3 is 1.91 bits per heavy atom. The standard InChI is InChI=1S/C15H20N2O5.ClH/c1-9(8-16-2)13(18)17-12-6-10(14(19)21-3)5-11(7-12)15(20)22-4;/h5-7,9,16H,8H2,1-4H3,(H,17,18);1H. The lowest BCUT2D eigenvalue weighted by Gasteiger charge is -2.13. The number of ether oxygens (including phenoxy) is 2. The molecule has 0 aliphatic heterocycles. The van der Waals surface area contributed by atoms with Crippen molar-refractivity contribution >= 4 is 35.9 Å². The monoisotopic (exact) mass is 344 g/mol. The molecule has 0 heterocycles. The van der Waals surface area contributed by atoms with Crippen molar-refractivity contribution in [1.29, 1.82) is 0 Å². The lowest BCUT2D eigenvalue weighted by molar-refractivity contribution is -0.119. The first kappa shape index (κ1) is 20.9. The van der Waals surface area contributed by atoms with Gasteiger partial charge in [0.1, 0.15) is 0 Å². The molecule has 1 atom stereocenters. The van der Waals surface area contributed by atoms with Crippen molar-refractivity contribution < 1.29 is 23.9 Å². The van der Waals surface area contributed by atoms with Crippen molar-refractivity contribution in [1.82, 2.24) is 5.32 Å². The smallest absolute Gasteiger partial charge is 0.337 e. The van der Waals surface area contributed by atoms with E-state index in [9.17, 15) is 14.4 Å². The van der Waals surface area contributed by atoms with Gasteiger partial charge in [0.05, 0.1) is 25.3 Å². The second kappa shape index (κ2) is 9.81. The number of carbonyl (C=O) groups excluding carboxylic acids is 3. The van der Waals surface area contributed by atoms with E-state index in [1.165, 1.54) is 32.4 Å². The normalized spacial score (nSPS) is 11.0. The zero-order chi connectivity index (χ0) is 16.7. The molecule has 0 aromatic heterocycles. The van der Waals surface area contributed by atoms with Crippen LogP contribution in [0.1, 0.15) is 27.6 Å². The lowest BCUT2D eigenvalue weighted by Crippen LogP contribution is -2.28. The topological polar surface area (TPSA) is 93.7 Å². The second-order valence-electron chi connectivity index (χ2n) is 4.73. The Morgan fingerprint density at radius 1 is 1.04 bits per heavy atom. The van der Waals surface area contributed by atoms with E-state index in [0.29, 0.717) is 12.2 Å². The molecule has 128 valence electrons. The maximum absolute atomic E-state index is 12.0. The van der Waals surface area contributed by atoms with Crippen LogP contribution < -0.4 is 10.6 Å². The number of hydrogen-bond donors (Lipinski definition) is 2. The molecule has 2 N–H and O–H groups in total. The zero-order valence-corrected chi connectivity index (χ0v) is 14.3. The predicted octanol–water partition coefficient (Wildman–Crippen LogP) is 1.48. The van der Waals surface area contributed by atoms with Crippen LogP contribution in [0, 0.1) is 5.92 Å². The first-order valence-electron chi connectivity index (χ1n) is 6.70. The fourth-order valence-corrected chi connectivity index (χ4v) is 1.84. The van der Waals surface area contributed by atoms with Crippen LogP contribution >= 0.6 is 12.4 Å². The third kappa shape index (κ3) is 5.88. The van der Waals surface area contributed by atoms with E-state index >= 15 is 0 Å². The molecule has 1 rings (SSSR count). The Bertz CT molecular complexity index is 543. The summed E-state index contributed by atoms with van der Waals surface area (Å²) in [5.41, 5.74) is 0.639. The van der Waals surface area contributed by atoms with Crippen molar-refractivity contribution in [3.8, 4) is 0 Å². The van der Waals surface area contributed by atoms with Crippen molar-refractivity contribution in [2.24, 2.45) is 5.92 Å². The number of rotatable bonds is 6. The number of amides is 1. The van der Waals surface area contributed by atoms with E-state index < -0.39 is 11.9 Å². The van der Waals surface area contributed by atoms with Crippen LogP contribution in [0.4, 0.5) is 5.69 Å². The summed E-state index contributed by atoms with van der Waals surface area (Å²) in [5.74, 6) is -1.71. The van der Waals surface area contributed by atoms with Gasteiger partial charge in [0, 0.05) is 18.2 Å². The number of nitrogens with one attached hydrogen (secondary N) is 2. The lowest BCUT2D eigenvalue weighted by atomic mass is 10.1. The predicted molar refractivity (Wildman–Crippen MR) is 88.1 cm³/mol. The number of halogens is 1. The number of esters is 2. The van der Waals surface area contributed by atoms with Crippen molar-refractivity contribution in [2.45, 2.75) is 6.92 Å². The van der Waals surface area contributed by atoms with E-state index in [-0.39, 0.29) is 35.4 Å². The van der Waals surface area contributed by atoms with Crippen LogP contribution in [0.15, 0.2) is 18.2 Å². The molecule has 23 heavy (non-hydrogen) atoms. The minimum atomic E-state index is -0.607. The van der Waals surface area contributed by atoms with Crippen LogP contribution in [0.25, 0.3) is 0 Å². The molecular weight excluding hydrogens is 324 g/mol. The highest BCUT2D eigenvalue weighted by molar-refractivity contribution is 5.99. The zero-order valence-electron chi connectivity index (χ0n) is 13.5. The van der Waals surface area contributed by atoms with E-state index in [4.69, 9.17) is 0 Å². The summed E-state index contributed by atoms with van der Waals surface area (Å²) in [6.45, 7) is 2.27. The third-order valence-corrected chi connectivity index (χ3v) is 3.00. The van der Waals surface area contributed by atoms with Crippen molar-refractivity contribution in [2.75, 3.05) is 33.1 Å². The summed E-state index contributed by atoms with van der Waals surface area (Å²) >= 11 is 0. The Morgan fingerprint density at radius 2 is 1.52 bits per heavy atom. The summed E-state index contributed by atoms with van der Waals surface area (Å²) < 4.78 is 9.27. The summed E-state index contributed by atoms with van der Waals surface area (Å²) in [6, 6.07) is 4.24. The number of benzene rings is 1. The summed E-state index contributed by atoms with van der Waals surface area (Å²) in [5, 5.41) is 5.57. The minimum absolute atomic E-state index is 0. The molecule has 0 radical (unpaired) electrons. The summed E-state index contributed by atoms with van der Waals surface area (Å²) in [7, 11) is 4.22. The quantitative estimate of drug-likeness (QED) is 0.759. The molecule has 1 aromatic rings. The van der Waals surface area contributed by atoms with Gasteiger partial charge in [-0.2, -0.15) is 0 Å². The third-order valence-electron chi connectivity index (χ3n) is 3.00. The summed E-state index contributed by atoms with van der Waals surface area (Å²) in [6.07, 6.45) is 0. The molecule has 1 unspecified atom stereocenters. The molecule has 0 bridgehead atoms. The molecule has 7 nitrogen and oxygen atoms in total. The second-order valence-corrected chi connectivity index (χ2v) is 4.73. The molecular formula is C15H21ClN2O5. The van der Waals surface area contributed by atoms with Crippen LogP contribution in [0.3, 0.4) is 0 Å². The average molecular weight is 345 g/mol. The van der Waals surface area contributed by atoms with Gasteiger partial charge in [0.25, 0.3) is 0 Å². The maximum Gasteiger partial charge on any atom is 0.337 e. The van der Waals surface area contributed by atoms with Gasteiger partial charge >= 0.3 is 11.9 Å². The Labute approximate surface area is 141 Å². The number of hydrogen-bond acceptors (Lipinski definition) is 6. The average Bonchev–Trinajstić information content (AvgIpc) is 2.52. The van der Waals surface area contributed by atoms with Crippen LogP contribution in [-0.4, -0.2) is 45.7 Å². The highest BCUT2D eigenvalue weighted by atomic mass is 35.5. The molecule has 8 heteroatoms. The largest absolute Gasteiger partial charge is 0.465 e. The highest BCUT2D eigenvalue weighted by Gasteiger charge is 2.17. The summed E-state index contributed by atoms with van der Waals surface area (Å²) in [4.78, 5) is 35.3. The fraction of sp³-hybridized carbons (Fsp3) is 0.400. The van der Waals surface area contributed by atoms with Gasteiger partial charge in [-0.15, -0.1) is 12.4 Å². The number of anilines is 1. The first-order valence-corrected chi connectivity index (χ1v) is 6.70. The Balaban J connectivity index is 0.00000484. The molecule has 0 saturated carbocycles. The van der Waals surface area contributed by atoms with Crippen LogP contribution in [0.2, 0.25) is 0 Å². The van der Waals surface area contributed by atoms with Gasteiger partial charge in [0.2, 0.25) is 5.91 Å². The van der Waals surface area contributed by atoms with E-state index in [2.05, 4.69) is 20.1 Å². The highest BCUT2D eigenvalue weighted by Crippen LogP contribution is 2.17. The fourth-order valence-electron chi connectivity index (χ4n) is 1.84. The Kier molecular flexibility index (Phi) is 8.90. The van der Waals surface area contributed by atoms with E-state index in [1.807, 2.05) is 0 Å². The molecule has 0 saturated heterocycles. The molecule has 1 amide bonds. The van der Waals surface area contributed by atoms with Gasteiger partial charge in [0.15, 0.2) is 0 Å². The SMILES string of the molecule is CNCC(C)C(=O)Nc1cc(C(=O)OC)cc(C(=O)OC)c1.Cl. The maximum atomic E-state index is 12.0. The van der Waals surface area contributed by atoms with Gasteiger partial charge in [-0.3, -0.25) is 4.79 Å². The minimum Gasteiger partial charge on any atom is -0.465 e. The Hall–Kier alpha value is -2.12. The number of carbonyl (C=O) groups is 3. The number of methoxy groups -OCH3 is 2. The first-order chi connectivity index (χ1) is 10.4. The van der Waals surface area contributed by atoms with Crippen molar-refractivity contribution in [3.05, 3.63) is 29.3 Å². The van der Waals surface area contributed by atoms with Gasteiger partial charge < -0.3 is 20.1 Å². The van der Waals surface area contributed by atoms with Crippen LogP contribution in [0.5, 0.6) is 0 Å². The van der Waals surface area contributed by atoms with E-state index in [1.54, 1.807) is 14.0 Å². The van der Waals surface area contributed by atoms with Gasteiger partial charge in [-0.25, -0.2) is 9.59 Å². The van der Waals surface area contributed by atoms with Crippen LogP contribution in [-0.2, 0) is 14.3 Å². The molecule has 1 aromatic carbocycles. The van der Waals surface area contributed by atoms with Crippen molar-refractivity contribution in [3.63, 3.8) is 0 Å². The molecule has 0 spiro atoms. The molecule has 0 fully saturated rings. The van der Waals surface area contributed by atoms with Gasteiger partial charge in [-0.05, 0) is 25.2 Å². The van der Waals surface area contributed by atoms with Gasteiger partial charge in [-0.1, -0.05) is 6.92 Å².